The Morgan fingerprint density at radius 2 is 0.543 bits per heavy atom. The van der Waals surface area contributed by atoms with Crippen LogP contribution in [0.5, 0.6) is 34.5 Å². The van der Waals surface area contributed by atoms with Gasteiger partial charge in [-0.3, -0.25) is 0 Å². The van der Waals surface area contributed by atoms with Crippen molar-refractivity contribution >= 4 is 57.4 Å². The summed E-state index contributed by atoms with van der Waals surface area (Å²) in [4.78, 5) is 71.6. The van der Waals surface area contributed by atoms with Gasteiger partial charge in [0.2, 0.25) is 0 Å². The highest BCUT2D eigenvalue weighted by atomic mass is 16.5. The van der Waals surface area contributed by atoms with Crippen molar-refractivity contribution in [3.8, 4) is 45.6 Å². The van der Waals surface area contributed by atoms with E-state index in [1.54, 1.807) is 84.9 Å². The quantitative estimate of drug-likeness (QED) is 0.0700. The molecule has 0 atom stereocenters. The number of aromatic hydroxyl groups is 2. The molecule has 0 aliphatic heterocycles. The Morgan fingerprint density at radius 1 is 0.271 bits per heavy atom. The molecule has 0 aliphatic carbocycles. The van der Waals surface area contributed by atoms with Crippen molar-refractivity contribution in [2.75, 3.05) is 0 Å². The molecule has 0 saturated heterocycles. The Kier molecular flexibility index (Phi) is 13.7. The molecule has 4 N–H and O–H groups in total. The van der Waals surface area contributed by atoms with Crippen LogP contribution in [0.25, 0.3) is 32.7 Å². The fraction of sp³-hybridized carbons (Fsp3) is 0. The predicted octanol–water partition coefficient (Wildman–Crippen LogP) is 11.0. The van der Waals surface area contributed by atoms with Crippen LogP contribution >= 0.6 is 0 Å². The first-order valence-corrected chi connectivity index (χ1v) is 21.1. The number of phenolic OH excluding ortho intramolecular Hbond substituents is 2. The van der Waals surface area contributed by atoms with Crippen molar-refractivity contribution < 1.29 is 68.1 Å². The molecule has 14 heteroatoms. The number of ether oxygens (including phenoxy) is 4. The molecule has 0 spiro atoms. The van der Waals surface area contributed by atoms with Crippen molar-refractivity contribution in [1.82, 2.24) is 0 Å². The maximum absolute atomic E-state index is 12.7. The molecule has 0 amide bonds. The van der Waals surface area contributed by atoms with Gasteiger partial charge in [0.25, 0.3) is 0 Å². The van der Waals surface area contributed by atoms with Gasteiger partial charge in [0, 0.05) is 0 Å². The molecule has 9 rings (SSSR count). The number of carbonyl (C=O) groups excluding carboxylic acids is 4. The van der Waals surface area contributed by atoms with E-state index in [1.807, 2.05) is 24.3 Å². The molecule has 344 valence electrons. The molecule has 0 aromatic heterocycles. The van der Waals surface area contributed by atoms with E-state index in [-0.39, 0.29) is 39.7 Å². The highest BCUT2D eigenvalue weighted by Gasteiger charge is 2.15. The lowest BCUT2D eigenvalue weighted by atomic mass is 10.0. The van der Waals surface area contributed by atoms with Crippen LogP contribution in [0.1, 0.15) is 62.1 Å². The van der Waals surface area contributed by atoms with E-state index in [2.05, 4.69) is 0 Å². The number of benzene rings is 9. The third-order valence-electron chi connectivity index (χ3n) is 10.6. The summed E-state index contributed by atoms with van der Waals surface area (Å²) in [7, 11) is 0. The number of carboxylic acid groups (broad SMARTS) is 2. The molecule has 9 aromatic carbocycles. The lowest BCUT2D eigenvalue weighted by Gasteiger charge is -2.08. The summed E-state index contributed by atoms with van der Waals surface area (Å²) in [5.41, 5.74) is 3.23. The van der Waals surface area contributed by atoms with Gasteiger partial charge >= 0.3 is 35.8 Å². The molecule has 0 saturated carbocycles. The number of esters is 4. The number of phenols is 2. The van der Waals surface area contributed by atoms with E-state index in [9.17, 15) is 39.0 Å². The van der Waals surface area contributed by atoms with E-state index in [0.29, 0.717) is 33.6 Å². The molecule has 0 heterocycles. The van der Waals surface area contributed by atoms with Crippen molar-refractivity contribution in [3.63, 3.8) is 0 Å². The van der Waals surface area contributed by atoms with Crippen LogP contribution < -0.4 is 18.9 Å². The van der Waals surface area contributed by atoms with Crippen LogP contribution in [-0.2, 0) is 0 Å². The molecule has 14 nitrogen and oxygen atoms in total. The SMILES string of the molecule is O=C(O)c1ccc(C(=O)Oc2ccc(OC(=O)c3ccc4cc(O)ccc4c3)cc2)cc1.O=C(O)c1ccc2cc(C(=O)Oc3ccc(-c4ccc(OC(=O)c5ccc(O)cc5)cc4)cc3)ccc2c1. The van der Waals surface area contributed by atoms with Crippen LogP contribution in [0.2, 0.25) is 0 Å². The van der Waals surface area contributed by atoms with Crippen LogP contribution in [0.4, 0.5) is 0 Å². The van der Waals surface area contributed by atoms with Crippen LogP contribution in [-0.4, -0.2) is 56.2 Å². The number of rotatable bonds is 11. The third kappa shape index (κ3) is 11.5. The Hall–Kier alpha value is -10.1. The smallest absolute Gasteiger partial charge is 0.343 e. The van der Waals surface area contributed by atoms with Gasteiger partial charge in [0.15, 0.2) is 0 Å². The van der Waals surface area contributed by atoms with Crippen LogP contribution in [0, 0.1) is 0 Å². The summed E-state index contributed by atoms with van der Waals surface area (Å²) in [5, 5.41) is 39.9. The van der Waals surface area contributed by atoms with Crippen molar-refractivity contribution in [2.24, 2.45) is 0 Å². The van der Waals surface area contributed by atoms with Gasteiger partial charge in [-0.05, 0) is 178 Å². The van der Waals surface area contributed by atoms with E-state index in [1.165, 1.54) is 84.9 Å². The molecule has 0 unspecified atom stereocenters. The van der Waals surface area contributed by atoms with Gasteiger partial charge in [-0.15, -0.1) is 0 Å². The topological polar surface area (TPSA) is 220 Å². The normalized spacial score (nSPS) is 10.6. The highest BCUT2D eigenvalue weighted by molar-refractivity contribution is 6.00. The van der Waals surface area contributed by atoms with Gasteiger partial charge in [-0.1, -0.05) is 48.5 Å². The average molecular weight is 933 g/mol. The summed E-state index contributed by atoms with van der Waals surface area (Å²) in [5.74, 6) is -2.87. The van der Waals surface area contributed by atoms with Crippen molar-refractivity contribution in [3.05, 3.63) is 228 Å². The second-order valence-electron chi connectivity index (χ2n) is 15.3. The first-order valence-electron chi connectivity index (χ1n) is 21.1. The zero-order chi connectivity index (χ0) is 49.3. The largest absolute Gasteiger partial charge is 0.508 e. The lowest BCUT2D eigenvalue weighted by molar-refractivity contribution is 0.0686. The number of carbonyl (C=O) groups is 6. The van der Waals surface area contributed by atoms with Crippen LogP contribution in [0.15, 0.2) is 194 Å². The molecular formula is C56H36O14. The molecule has 0 radical (unpaired) electrons. The molecule has 9 aromatic rings. The minimum atomic E-state index is -1.09. The van der Waals surface area contributed by atoms with Gasteiger partial charge in [-0.25, -0.2) is 28.8 Å². The van der Waals surface area contributed by atoms with E-state index in [0.717, 1.165) is 27.3 Å². The molecular weight excluding hydrogens is 897 g/mol. The number of fused-ring (bicyclic) bond motifs is 2. The first-order chi connectivity index (χ1) is 33.7. The summed E-state index contributed by atoms with van der Waals surface area (Å²) in [6.07, 6.45) is 0. The van der Waals surface area contributed by atoms with Gasteiger partial charge in [-0.2, -0.15) is 0 Å². The zero-order valence-electron chi connectivity index (χ0n) is 36.3. The lowest BCUT2D eigenvalue weighted by Crippen LogP contribution is -2.10. The van der Waals surface area contributed by atoms with Crippen molar-refractivity contribution in [2.45, 2.75) is 0 Å². The summed E-state index contributed by atoms with van der Waals surface area (Å²) in [6, 6.07) is 50.6. The van der Waals surface area contributed by atoms with Crippen molar-refractivity contribution in [1.29, 1.82) is 0 Å². The summed E-state index contributed by atoms with van der Waals surface area (Å²) in [6.45, 7) is 0. The maximum Gasteiger partial charge on any atom is 0.343 e. The molecule has 0 fully saturated rings. The number of aromatic carboxylic acids is 2. The van der Waals surface area contributed by atoms with E-state index in [4.69, 9.17) is 29.2 Å². The Balaban J connectivity index is 0.000000191. The standard InChI is InChI=1S/C31H20O7.C25H16O7/c32-26-11-5-21(6-12-26)30(35)37-27-13-7-19(8-14-27)20-9-15-28(16-10-20)38-31(36)25-4-2-22-17-24(29(33)34)3-1-23(22)18-25;26-20-8-7-17-13-19(6-5-18(17)14-20)25(30)32-22-11-9-21(10-12-22)31-24(29)16-3-1-15(2-4-16)23(27)28/h1-18,32H,(H,33,34);1-14,26H,(H,27,28). The minimum absolute atomic E-state index is 0.0669. The predicted molar refractivity (Wildman–Crippen MR) is 256 cm³/mol. The summed E-state index contributed by atoms with van der Waals surface area (Å²) < 4.78 is 21.5. The monoisotopic (exact) mass is 932 g/mol. The van der Waals surface area contributed by atoms with E-state index >= 15 is 0 Å². The molecule has 0 bridgehead atoms. The second-order valence-corrected chi connectivity index (χ2v) is 15.3. The van der Waals surface area contributed by atoms with E-state index < -0.39 is 35.8 Å². The Labute approximate surface area is 397 Å². The van der Waals surface area contributed by atoms with Crippen LogP contribution in [0.3, 0.4) is 0 Å². The highest BCUT2D eigenvalue weighted by Crippen LogP contribution is 2.28. The number of carboxylic acids is 2. The van der Waals surface area contributed by atoms with Gasteiger partial charge in [0.05, 0.1) is 33.4 Å². The average Bonchev–Trinajstić information content (AvgIpc) is 3.37. The fourth-order valence-corrected chi connectivity index (χ4v) is 6.88. The first kappa shape index (κ1) is 46.4. The summed E-state index contributed by atoms with van der Waals surface area (Å²) >= 11 is 0. The Bertz CT molecular complexity index is 3440. The minimum Gasteiger partial charge on any atom is -0.508 e. The maximum atomic E-state index is 12.7. The second kappa shape index (κ2) is 20.6. The van der Waals surface area contributed by atoms with Gasteiger partial charge < -0.3 is 39.4 Å². The fourth-order valence-electron chi connectivity index (χ4n) is 6.88. The molecule has 0 aliphatic rings. The number of hydrogen-bond donors (Lipinski definition) is 4. The zero-order valence-corrected chi connectivity index (χ0v) is 36.3. The molecule has 70 heavy (non-hydrogen) atoms. The van der Waals surface area contributed by atoms with Gasteiger partial charge in [0.1, 0.15) is 34.5 Å². The number of hydrogen-bond acceptors (Lipinski definition) is 12. The third-order valence-corrected chi connectivity index (χ3v) is 10.6. The Morgan fingerprint density at radius 3 is 0.943 bits per heavy atom.